The molecule has 1 saturated carbocycles. The summed E-state index contributed by atoms with van der Waals surface area (Å²) >= 11 is 0. The Morgan fingerprint density at radius 2 is 1.94 bits per heavy atom. The molecule has 2 rings (SSSR count). The van der Waals surface area contributed by atoms with Crippen LogP contribution in [0, 0.1) is 5.92 Å². The van der Waals surface area contributed by atoms with Gasteiger partial charge >= 0.3 is 0 Å². The van der Waals surface area contributed by atoms with E-state index in [4.69, 9.17) is 0 Å². The zero-order valence-electron chi connectivity index (χ0n) is 10.8. The molecule has 3 nitrogen and oxygen atoms in total. The molecule has 1 aromatic rings. The lowest BCUT2D eigenvalue weighted by atomic mass is 9.86. The van der Waals surface area contributed by atoms with Gasteiger partial charge in [0.05, 0.1) is 11.8 Å². The first-order valence-corrected chi connectivity index (χ1v) is 7.02. The Morgan fingerprint density at radius 3 is 2.59 bits per heavy atom. The SMILES string of the molecule is CCn1nccc1C(O)C1CCCCCCC1. The molecule has 0 saturated heterocycles. The highest BCUT2D eigenvalue weighted by Crippen LogP contribution is 2.32. The van der Waals surface area contributed by atoms with E-state index in [-0.39, 0.29) is 6.10 Å². The van der Waals surface area contributed by atoms with Crippen molar-refractivity contribution < 1.29 is 5.11 Å². The average molecular weight is 236 g/mol. The second-order valence-corrected chi connectivity index (χ2v) is 5.12. The van der Waals surface area contributed by atoms with E-state index in [0.29, 0.717) is 5.92 Å². The van der Waals surface area contributed by atoms with Crippen LogP contribution in [-0.4, -0.2) is 14.9 Å². The maximum Gasteiger partial charge on any atom is 0.0984 e. The molecule has 0 radical (unpaired) electrons. The van der Waals surface area contributed by atoms with Crippen molar-refractivity contribution in [1.29, 1.82) is 0 Å². The van der Waals surface area contributed by atoms with Gasteiger partial charge in [-0.1, -0.05) is 32.1 Å². The van der Waals surface area contributed by atoms with Gasteiger partial charge in [0, 0.05) is 12.7 Å². The van der Waals surface area contributed by atoms with Crippen LogP contribution in [0.25, 0.3) is 0 Å². The van der Waals surface area contributed by atoms with E-state index in [9.17, 15) is 5.11 Å². The number of aliphatic hydroxyl groups excluding tert-OH is 1. The Labute approximate surface area is 104 Å². The lowest BCUT2D eigenvalue weighted by molar-refractivity contribution is 0.0830. The van der Waals surface area contributed by atoms with E-state index < -0.39 is 0 Å². The smallest absolute Gasteiger partial charge is 0.0984 e. The predicted octanol–water partition coefficient (Wildman–Crippen LogP) is 3.30. The first kappa shape index (κ1) is 12.6. The monoisotopic (exact) mass is 236 g/mol. The lowest BCUT2D eigenvalue weighted by Gasteiger charge is -2.25. The Morgan fingerprint density at radius 1 is 1.29 bits per heavy atom. The highest BCUT2D eigenvalue weighted by molar-refractivity contribution is 5.06. The number of aryl methyl sites for hydroxylation is 1. The van der Waals surface area contributed by atoms with Crippen molar-refractivity contribution in [1.82, 2.24) is 9.78 Å². The van der Waals surface area contributed by atoms with Crippen LogP contribution in [0.4, 0.5) is 0 Å². The van der Waals surface area contributed by atoms with E-state index in [1.54, 1.807) is 6.20 Å². The van der Waals surface area contributed by atoms with Gasteiger partial charge in [-0.05, 0) is 31.7 Å². The molecule has 0 aliphatic heterocycles. The molecule has 1 aliphatic carbocycles. The first-order chi connectivity index (χ1) is 8.33. The van der Waals surface area contributed by atoms with Crippen molar-refractivity contribution in [2.24, 2.45) is 5.92 Å². The van der Waals surface area contributed by atoms with E-state index in [1.807, 2.05) is 10.7 Å². The van der Waals surface area contributed by atoms with Gasteiger partial charge < -0.3 is 5.11 Å². The summed E-state index contributed by atoms with van der Waals surface area (Å²) in [6, 6.07) is 1.97. The van der Waals surface area contributed by atoms with Crippen molar-refractivity contribution in [3.8, 4) is 0 Å². The number of hydrogen-bond acceptors (Lipinski definition) is 2. The first-order valence-electron chi connectivity index (χ1n) is 7.02. The number of rotatable bonds is 3. The van der Waals surface area contributed by atoms with Gasteiger partial charge in [0.25, 0.3) is 0 Å². The van der Waals surface area contributed by atoms with Gasteiger partial charge in [-0.3, -0.25) is 4.68 Å². The highest BCUT2D eigenvalue weighted by Gasteiger charge is 2.23. The third-order valence-electron chi connectivity index (χ3n) is 3.95. The van der Waals surface area contributed by atoms with Gasteiger partial charge in [-0.25, -0.2) is 0 Å². The summed E-state index contributed by atoms with van der Waals surface area (Å²) in [7, 11) is 0. The van der Waals surface area contributed by atoms with Gasteiger partial charge in [0.15, 0.2) is 0 Å². The second kappa shape index (κ2) is 6.20. The molecule has 0 aromatic carbocycles. The predicted molar refractivity (Wildman–Crippen MR) is 68.7 cm³/mol. The maximum atomic E-state index is 10.5. The summed E-state index contributed by atoms with van der Waals surface area (Å²) in [5.74, 6) is 0.428. The third kappa shape index (κ3) is 3.09. The van der Waals surface area contributed by atoms with Crippen LogP contribution in [0.2, 0.25) is 0 Å². The normalized spacial score (nSPS) is 20.8. The number of aliphatic hydroxyl groups is 1. The Balaban J connectivity index is 2.04. The molecule has 1 heterocycles. The summed E-state index contributed by atoms with van der Waals surface area (Å²) < 4.78 is 1.92. The zero-order chi connectivity index (χ0) is 12.1. The average Bonchev–Trinajstić information content (AvgIpc) is 2.75. The number of nitrogens with zero attached hydrogens (tertiary/aromatic N) is 2. The number of aromatic nitrogens is 2. The van der Waals surface area contributed by atoms with Crippen molar-refractivity contribution in [3.05, 3.63) is 18.0 Å². The van der Waals surface area contributed by atoms with Gasteiger partial charge in [-0.2, -0.15) is 5.10 Å². The Kier molecular flexibility index (Phi) is 4.60. The largest absolute Gasteiger partial charge is 0.387 e. The van der Waals surface area contributed by atoms with Crippen LogP contribution >= 0.6 is 0 Å². The van der Waals surface area contributed by atoms with Crippen LogP contribution in [0.15, 0.2) is 12.3 Å². The van der Waals surface area contributed by atoms with Crippen molar-refractivity contribution in [2.45, 2.75) is 64.5 Å². The molecular formula is C14H24N2O. The zero-order valence-corrected chi connectivity index (χ0v) is 10.8. The quantitative estimate of drug-likeness (QED) is 0.874. The third-order valence-corrected chi connectivity index (χ3v) is 3.95. The molecule has 17 heavy (non-hydrogen) atoms. The summed E-state index contributed by atoms with van der Waals surface area (Å²) in [5.41, 5.74) is 0.998. The highest BCUT2D eigenvalue weighted by atomic mass is 16.3. The Bertz CT molecular complexity index is 327. The molecule has 1 N–H and O–H groups in total. The van der Waals surface area contributed by atoms with Crippen LogP contribution in [0.3, 0.4) is 0 Å². The fourth-order valence-corrected chi connectivity index (χ4v) is 2.90. The van der Waals surface area contributed by atoms with Crippen LogP contribution in [0.5, 0.6) is 0 Å². The topological polar surface area (TPSA) is 38.0 Å². The minimum absolute atomic E-state index is 0.324. The molecular weight excluding hydrogens is 212 g/mol. The van der Waals surface area contributed by atoms with Crippen LogP contribution in [-0.2, 0) is 6.54 Å². The van der Waals surface area contributed by atoms with Crippen molar-refractivity contribution >= 4 is 0 Å². The molecule has 1 aliphatic rings. The van der Waals surface area contributed by atoms with Gasteiger partial charge in [0.2, 0.25) is 0 Å². The molecule has 1 unspecified atom stereocenters. The van der Waals surface area contributed by atoms with E-state index >= 15 is 0 Å². The van der Waals surface area contributed by atoms with Crippen molar-refractivity contribution in [2.75, 3.05) is 0 Å². The lowest BCUT2D eigenvalue weighted by Crippen LogP contribution is -2.18. The summed E-state index contributed by atoms with van der Waals surface area (Å²) in [5, 5.41) is 14.8. The molecule has 1 fully saturated rings. The maximum absolute atomic E-state index is 10.5. The number of hydrogen-bond donors (Lipinski definition) is 1. The Hall–Kier alpha value is -0.830. The van der Waals surface area contributed by atoms with E-state index in [2.05, 4.69) is 12.0 Å². The van der Waals surface area contributed by atoms with Crippen LogP contribution in [0.1, 0.15) is 63.7 Å². The minimum atomic E-state index is -0.324. The molecule has 0 bridgehead atoms. The fourth-order valence-electron chi connectivity index (χ4n) is 2.90. The van der Waals surface area contributed by atoms with Gasteiger partial charge in [0.1, 0.15) is 0 Å². The van der Waals surface area contributed by atoms with Crippen LogP contribution < -0.4 is 0 Å². The molecule has 0 spiro atoms. The molecule has 1 aromatic heterocycles. The fraction of sp³-hybridized carbons (Fsp3) is 0.786. The summed E-state index contributed by atoms with van der Waals surface area (Å²) in [4.78, 5) is 0. The van der Waals surface area contributed by atoms with E-state index in [1.165, 1.54) is 32.1 Å². The van der Waals surface area contributed by atoms with Gasteiger partial charge in [-0.15, -0.1) is 0 Å². The molecule has 1 atom stereocenters. The molecule has 3 heteroatoms. The summed E-state index contributed by atoms with van der Waals surface area (Å²) in [6.07, 6.45) is 10.4. The molecule has 0 amide bonds. The standard InChI is InChI=1S/C14H24N2O/c1-2-16-13(10-11-15-16)14(17)12-8-6-4-3-5-7-9-12/h10-12,14,17H,2-9H2,1H3. The molecule has 96 valence electrons. The second-order valence-electron chi connectivity index (χ2n) is 5.12. The van der Waals surface area contributed by atoms with E-state index in [0.717, 1.165) is 25.1 Å². The minimum Gasteiger partial charge on any atom is -0.387 e. The van der Waals surface area contributed by atoms with Crippen molar-refractivity contribution in [3.63, 3.8) is 0 Å². The summed E-state index contributed by atoms with van der Waals surface area (Å²) in [6.45, 7) is 2.91.